The highest BCUT2D eigenvalue weighted by molar-refractivity contribution is 5.96. The first-order valence-electron chi connectivity index (χ1n) is 9.58. The van der Waals surface area contributed by atoms with E-state index in [4.69, 9.17) is 14.2 Å². The molecule has 2 aromatic carbocycles. The average molecular weight is 412 g/mol. The van der Waals surface area contributed by atoms with E-state index in [9.17, 15) is 14.4 Å². The molecule has 1 aliphatic heterocycles. The molecule has 0 radical (unpaired) electrons. The summed E-state index contributed by atoms with van der Waals surface area (Å²) in [5.74, 6) is 0.803. The van der Waals surface area contributed by atoms with E-state index < -0.39 is 0 Å². The fourth-order valence-corrected chi connectivity index (χ4v) is 2.99. The van der Waals surface area contributed by atoms with Gasteiger partial charge in [-0.1, -0.05) is 6.07 Å². The van der Waals surface area contributed by atoms with Crippen molar-refractivity contribution in [1.82, 2.24) is 5.32 Å². The maximum absolute atomic E-state index is 12.4. The monoisotopic (exact) mass is 412 g/mol. The standard InChI is InChI=1S/C22H24N2O6/c1-13(16-5-7-19-21(10-16)29-9-8-28-19)23-22(27)12-30-20-11-17(14(2)25)4-6-18(20)24-15(3)26/h4-7,10-11,13H,8-9,12H2,1-3H3,(H,23,27)(H,24,26). The Morgan fingerprint density at radius 3 is 2.47 bits per heavy atom. The maximum atomic E-state index is 12.4. The van der Waals surface area contributed by atoms with E-state index in [1.807, 2.05) is 25.1 Å². The molecule has 158 valence electrons. The van der Waals surface area contributed by atoms with Crippen LogP contribution >= 0.6 is 0 Å². The molecular formula is C22H24N2O6. The number of ketones is 1. The minimum atomic E-state index is -0.348. The third kappa shape index (κ3) is 5.28. The predicted molar refractivity (Wildman–Crippen MR) is 110 cm³/mol. The zero-order valence-corrected chi connectivity index (χ0v) is 17.1. The van der Waals surface area contributed by atoms with Crippen LogP contribution in [0.3, 0.4) is 0 Å². The Hall–Kier alpha value is -3.55. The molecule has 0 aromatic heterocycles. The number of fused-ring (bicyclic) bond motifs is 1. The van der Waals surface area contributed by atoms with Gasteiger partial charge >= 0.3 is 0 Å². The van der Waals surface area contributed by atoms with Crippen LogP contribution in [-0.4, -0.2) is 37.4 Å². The van der Waals surface area contributed by atoms with Gasteiger partial charge in [0.05, 0.1) is 11.7 Å². The Morgan fingerprint density at radius 2 is 1.77 bits per heavy atom. The molecule has 1 heterocycles. The van der Waals surface area contributed by atoms with E-state index in [1.165, 1.54) is 19.9 Å². The number of anilines is 1. The smallest absolute Gasteiger partial charge is 0.258 e. The van der Waals surface area contributed by atoms with E-state index in [2.05, 4.69) is 10.6 Å². The number of ether oxygens (including phenoxy) is 3. The number of carbonyl (C=O) groups excluding carboxylic acids is 3. The average Bonchev–Trinajstić information content (AvgIpc) is 2.72. The van der Waals surface area contributed by atoms with E-state index in [1.54, 1.807) is 12.1 Å². The molecule has 0 saturated carbocycles. The fraction of sp³-hybridized carbons (Fsp3) is 0.318. The molecule has 1 aliphatic rings. The number of hydrogen-bond acceptors (Lipinski definition) is 6. The van der Waals surface area contributed by atoms with Crippen molar-refractivity contribution in [3.05, 3.63) is 47.5 Å². The first-order valence-corrected chi connectivity index (χ1v) is 9.58. The lowest BCUT2D eigenvalue weighted by Gasteiger charge is -2.21. The van der Waals surface area contributed by atoms with Gasteiger partial charge in [-0.3, -0.25) is 14.4 Å². The largest absolute Gasteiger partial charge is 0.486 e. The van der Waals surface area contributed by atoms with Crippen LogP contribution in [0.2, 0.25) is 0 Å². The SMILES string of the molecule is CC(=O)Nc1ccc(C(C)=O)cc1OCC(=O)NC(C)c1ccc2c(c1)OCCO2. The highest BCUT2D eigenvalue weighted by Crippen LogP contribution is 2.32. The highest BCUT2D eigenvalue weighted by atomic mass is 16.6. The molecule has 0 fully saturated rings. The van der Waals surface area contributed by atoms with E-state index >= 15 is 0 Å². The maximum Gasteiger partial charge on any atom is 0.258 e. The number of nitrogens with one attached hydrogen (secondary N) is 2. The van der Waals surface area contributed by atoms with Crippen LogP contribution in [-0.2, 0) is 9.59 Å². The summed E-state index contributed by atoms with van der Waals surface area (Å²) in [6.45, 7) is 5.37. The summed E-state index contributed by atoms with van der Waals surface area (Å²) in [4.78, 5) is 35.4. The molecule has 3 rings (SSSR count). The summed E-state index contributed by atoms with van der Waals surface area (Å²) in [5.41, 5.74) is 1.68. The van der Waals surface area contributed by atoms with Gasteiger partial charge in [0.2, 0.25) is 5.91 Å². The van der Waals surface area contributed by atoms with Crippen LogP contribution in [0, 0.1) is 0 Å². The van der Waals surface area contributed by atoms with Crippen LogP contribution in [0.4, 0.5) is 5.69 Å². The second kappa shape index (κ2) is 9.30. The van der Waals surface area contributed by atoms with Crippen molar-refractivity contribution in [2.45, 2.75) is 26.8 Å². The number of Topliss-reactive ketones (excluding diaryl/α,β-unsaturated/α-hetero) is 1. The van der Waals surface area contributed by atoms with Crippen molar-refractivity contribution in [3.63, 3.8) is 0 Å². The normalized spacial score (nSPS) is 13.2. The third-order valence-electron chi connectivity index (χ3n) is 4.50. The topological polar surface area (TPSA) is 103 Å². The Kier molecular flexibility index (Phi) is 6.56. The third-order valence-corrected chi connectivity index (χ3v) is 4.50. The molecule has 2 amide bonds. The Bertz CT molecular complexity index is 972. The van der Waals surface area contributed by atoms with Crippen molar-refractivity contribution >= 4 is 23.3 Å². The van der Waals surface area contributed by atoms with Gasteiger partial charge in [0.25, 0.3) is 5.91 Å². The van der Waals surface area contributed by atoms with Gasteiger partial charge in [0.15, 0.2) is 23.9 Å². The summed E-state index contributed by atoms with van der Waals surface area (Å²) in [6, 6.07) is 9.90. The first kappa shape index (κ1) is 21.2. The predicted octanol–water partition coefficient (Wildman–Crippen LogP) is 2.88. The zero-order chi connectivity index (χ0) is 21.7. The molecule has 2 N–H and O–H groups in total. The minimum Gasteiger partial charge on any atom is -0.486 e. The fourth-order valence-electron chi connectivity index (χ4n) is 2.99. The van der Waals surface area contributed by atoms with Gasteiger partial charge in [0.1, 0.15) is 19.0 Å². The van der Waals surface area contributed by atoms with Crippen LogP contribution < -0.4 is 24.8 Å². The summed E-state index contributed by atoms with van der Waals surface area (Å²) < 4.78 is 16.7. The molecule has 0 aliphatic carbocycles. The van der Waals surface area contributed by atoms with Crippen molar-refractivity contribution in [1.29, 1.82) is 0 Å². The van der Waals surface area contributed by atoms with Crippen LogP contribution in [0.1, 0.15) is 42.7 Å². The van der Waals surface area contributed by atoms with Crippen LogP contribution in [0.25, 0.3) is 0 Å². The summed E-state index contributed by atoms with van der Waals surface area (Å²) >= 11 is 0. The molecule has 2 aromatic rings. The molecule has 8 heteroatoms. The van der Waals surface area contributed by atoms with Crippen molar-refractivity contribution < 1.29 is 28.6 Å². The molecule has 0 spiro atoms. The van der Waals surface area contributed by atoms with Gasteiger partial charge in [-0.25, -0.2) is 0 Å². The molecule has 8 nitrogen and oxygen atoms in total. The first-order chi connectivity index (χ1) is 14.3. The molecular weight excluding hydrogens is 388 g/mol. The van der Waals surface area contributed by atoms with E-state index in [0.717, 1.165) is 5.56 Å². The van der Waals surface area contributed by atoms with E-state index in [-0.39, 0.29) is 36.0 Å². The van der Waals surface area contributed by atoms with Crippen molar-refractivity contribution in [2.75, 3.05) is 25.1 Å². The summed E-state index contributed by atoms with van der Waals surface area (Å²) in [5, 5.41) is 5.48. The number of rotatable bonds is 7. The van der Waals surface area contributed by atoms with Gasteiger partial charge in [-0.05, 0) is 49.7 Å². The highest BCUT2D eigenvalue weighted by Gasteiger charge is 2.17. The molecule has 1 atom stereocenters. The van der Waals surface area contributed by atoms with Gasteiger partial charge in [0, 0.05) is 12.5 Å². The van der Waals surface area contributed by atoms with Gasteiger partial charge < -0.3 is 24.8 Å². The number of carbonyl (C=O) groups is 3. The summed E-state index contributed by atoms with van der Waals surface area (Å²) in [6.07, 6.45) is 0. The van der Waals surface area contributed by atoms with Gasteiger partial charge in [-0.2, -0.15) is 0 Å². The van der Waals surface area contributed by atoms with Gasteiger partial charge in [-0.15, -0.1) is 0 Å². The quantitative estimate of drug-likeness (QED) is 0.678. The molecule has 30 heavy (non-hydrogen) atoms. The summed E-state index contributed by atoms with van der Waals surface area (Å²) in [7, 11) is 0. The lowest BCUT2D eigenvalue weighted by atomic mass is 10.1. The number of benzene rings is 2. The molecule has 0 saturated heterocycles. The van der Waals surface area contributed by atoms with Crippen molar-refractivity contribution in [2.24, 2.45) is 0 Å². The zero-order valence-electron chi connectivity index (χ0n) is 17.1. The molecule has 0 bridgehead atoms. The lowest BCUT2D eigenvalue weighted by Crippen LogP contribution is -2.31. The van der Waals surface area contributed by atoms with Crippen LogP contribution in [0.5, 0.6) is 17.2 Å². The minimum absolute atomic E-state index is 0.147. The lowest BCUT2D eigenvalue weighted by molar-refractivity contribution is -0.123. The number of hydrogen-bond donors (Lipinski definition) is 2. The Morgan fingerprint density at radius 1 is 1.03 bits per heavy atom. The second-order valence-corrected chi connectivity index (χ2v) is 6.93. The number of amides is 2. The molecule has 1 unspecified atom stereocenters. The van der Waals surface area contributed by atoms with E-state index in [0.29, 0.717) is 36.0 Å². The van der Waals surface area contributed by atoms with Crippen LogP contribution in [0.15, 0.2) is 36.4 Å². The van der Waals surface area contributed by atoms with Crippen molar-refractivity contribution in [3.8, 4) is 17.2 Å². The second-order valence-electron chi connectivity index (χ2n) is 6.93. The Labute approximate surface area is 174 Å². The Balaban J connectivity index is 1.64.